The fourth-order valence-electron chi connectivity index (χ4n) is 2.38. The van der Waals surface area contributed by atoms with E-state index in [4.69, 9.17) is 0 Å². The fraction of sp³-hybridized carbons (Fsp3) is 0.643. The molecule has 0 spiro atoms. The fourth-order valence-corrected chi connectivity index (χ4v) is 2.38. The Morgan fingerprint density at radius 3 is 2.67 bits per heavy atom. The summed E-state index contributed by atoms with van der Waals surface area (Å²) >= 11 is 0. The molecule has 0 N–H and O–H groups in total. The molecule has 1 rings (SSSR count). The van der Waals surface area contributed by atoms with Gasteiger partial charge in [-0.05, 0) is 37.2 Å². The molecule has 84 valence electrons. The first-order valence-electron chi connectivity index (χ1n) is 5.72. The number of hydrogen-bond donors (Lipinski definition) is 0. The molecule has 1 aliphatic carbocycles. The van der Waals surface area contributed by atoms with E-state index in [2.05, 4.69) is 27.4 Å². The monoisotopic (exact) mass is 206 g/mol. The van der Waals surface area contributed by atoms with Crippen molar-refractivity contribution in [2.75, 3.05) is 0 Å². The van der Waals surface area contributed by atoms with Crippen LogP contribution in [0.2, 0.25) is 0 Å². The number of hydrogen-bond acceptors (Lipinski definition) is 1. The predicted molar refractivity (Wildman–Crippen MR) is 64.6 cm³/mol. The van der Waals surface area contributed by atoms with Crippen LogP contribution in [0.3, 0.4) is 0 Å². The molecule has 1 aliphatic rings. The standard InChI is InChI=1S/C14H22O/c1-10-6-7-11(2)14(4,5)13(10)9-8-12(3)15/h8-9,11,13H,1,6-7H2,2-5H3/b9-8+/t11-,13-/m1/s1. The lowest BCUT2D eigenvalue weighted by Crippen LogP contribution is -2.35. The minimum atomic E-state index is 0.122. The predicted octanol–water partition coefficient (Wildman–Crippen LogP) is 3.76. The molecule has 0 radical (unpaired) electrons. The first-order valence-corrected chi connectivity index (χ1v) is 5.72. The van der Waals surface area contributed by atoms with Gasteiger partial charge in [0.2, 0.25) is 0 Å². The van der Waals surface area contributed by atoms with E-state index in [1.807, 2.05) is 6.08 Å². The zero-order chi connectivity index (χ0) is 11.6. The van der Waals surface area contributed by atoms with Gasteiger partial charge in [0.25, 0.3) is 0 Å². The summed E-state index contributed by atoms with van der Waals surface area (Å²) in [5.74, 6) is 1.16. The summed E-state index contributed by atoms with van der Waals surface area (Å²) in [7, 11) is 0. The Balaban J connectivity index is 2.90. The van der Waals surface area contributed by atoms with Gasteiger partial charge in [-0.1, -0.05) is 39.0 Å². The molecule has 0 unspecified atom stereocenters. The molecule has 0 heterocycles. The van der Waals surface area contributed by atoms with Crippen LogP contribution in [0, 0.1) is 17.3 Å². The molecule has 1 fully saturated rings. The van der Waals surface area contributed by atoms with Crippen molar-refractivity contribution < 1.29 is 4.79 Å². The van der Waals surface area contributed by atoms with Crippen molar-refractivity contribution in [3.05, 3.63) is 24.3 Å². The number of carbonyl (C=O) groups is 1. The molecular formula is C14H22O. The molecule has 0 bridgehead atoms. The van der Waals surface area contributed by atoms with Crippen LogP contribution in [0.1, 0.15) is 40.5 Å². The summed E-state index contributed by atoms with van der Waals surface area (Å²) in [6.45, 7) is 12.6. The molecule has 15 heavy (non-hydrogen) atoms. The highest BCUT2D eigenvalue weighted by Crippen LogP contribution is 2.47. The molecule has 0 aliphatic heterocycles. The van der Waals surface area contributed by atoms with Crippen LogP contribution in [-0.4, -0.2) is 5.78 Å². The van der Waals surface area contributed by atoms with Gasteiger partial charge >= 0.3 is 0 Å². The Hall–Kier alpha value is -0.850. The second-order valence-corrected chi connectivity index (χ2v) is 5.37. The second-order valence-electron chi connectivity index (χ2n) is 5.37. The molecule has 0 aromatic carbocycles. The molecule has 0 saturated heterocycles. The highest BCUT2D eigenvalue weighted by Gasteiger charge is 2.38. The van der Waals surface area contributed by atoms with Gasteiger partial charge in [-0.25, -0.2) is 0 Å². The molecule has 0 aromatic heterocycles. The van der Waals surface area contributed by atoms with Crippen molar-refractivity contribution in [3.8, 4) is 0 Å². The van der Waals surface area contributed by atoms with Gasteiger partial charge in [-0.15, -0.1) is 0 Å². The van der Waals surface area contributed by atoms with Crippen LogP contribution in [0.5, 0.6) is 0 Å². The van der Waals surface area contributed by atoms with Gasteiger partial charge in [0, 0.05) is 5.92 Å². The summed E-state index contributed by atoms with van der Waals surface area (Å²) in [6, 6.07) is 0. The van der Waals surface area contributed by atoms with Gasteiger partial charge in [0.1, 0.15) is 0 Å². The van der Waals surface area contributed by atoms with Crippen LogP contribution in [0.25, 0.3) is 0 Å². The molecule has 0 aromatic rings. The Morgan fingerprint density at radius 2 is 2.13 bits per heavy atom. The quantitative estimate of drug-likeness (QED) is 0.496. The number of rotatable bonds is 2. The lowest BCUT2D eigenvalue weighted by atomic mass is 9.61. The van der Waals surface area contributed by atoms with Gasteiger partial charge in [-0.2, -0.15) is 0 Å². The first kappa shape index (κ1) is 12.2. The normalized spacial score (nSPS) is 30.8. The van der Waals surface area contributed by atoms with Crippen molar-refractivity contribution >= 4 is 5.78 Å². The molecule has 2 atom stereocenters. The lowest BCUT2D eigenvalue weighted by molar-refractivity contribution is -0.112. The maximum atomic E-state index is 11.0. The minimum absolute atomic E-state index is 0.122. The van der Waals surface area contributed by atoms with Crippen molar-refractivity contribution in [2.24, 2.45) is 17.3 Å². The van der Waals surface area contributed by atoms with Crippen LogP contribution in [0.4, 0.5) is 0 Å². The third-order valence-electron chi connectivity index (χ3n) is 3.93. The third kappa shape index (κ3) is 2.58. The largest absolute Gasteiger partial charge is 0.295 e. The van der Waals surface area contributed by atoms with E-state index in [0.717, 1.165) is 6.42 Å². The Labute approximate surface area is 93.3 Å². The molecular weight excluding hydrogens is 184 g/mol. The summed E-state index contributed by atoms with van der Waals surface area (Å²) in [5, 5.41) is 0. The van der Waals surface area contributed by atoms with Crippen LogP contribution in [0.15, 0.2) is 24.3 Å². The van der Waals surface area contributed by atoms with Gasteiger partial charge in [-0.3, -0.25) is 4.79 Å². The van der Waals surface area contributed by atoms with Gasteiger partial charge < -0.3 is 0 Å². The lowest BCUT2D eigenvalue weighted by Gasteiger charge is -2.44. The van der Waals surface area contributed by atoms with Crippen molar-refractivity contribution in [1.29, 1.82) is 0 Å². The van der Waals surface area contributed by atoms with Crippen LogP contribution < -0.4 is 0 Å². The van der Waals surface area contributed by atoms with Crippen LogP contribution in [-0.2, 0) is 4.79 Å². The summed E-state index contributed by atoms with van der Waals surface area (Å²) in [4.78, 5) is 11.0. The van der Waals surface area contributed by atoms with Gasteiger partial charge in [0.15, 0.2) is 5.78 Å². The topological polar surface area (TPSA) is 17.1 Å². The maximum absolute atomic E-state index is 11.0. The first-order chi connectivity index (χ1) is 6.85. The zero-order valence-electron chi connectivity index (χ0n) is 10.3. The van der Waals surface area contributed by atoms with E-state index < -0.39 is 0 Å². The Morgan fingerprint density at radius 1 is 1.53 bits per heavy atom. The van der Waals surface area contributed by atoms with E-state index in [1.54, 1.807) is 13.0 Å². The van der Waals surface area contributed by atoms with Gasteiger partial charge in [0.05, 0.1) is 0 Å². The van der Waals surface area contributed by atoms with E-state index in [9.17, 15) is 4.79 Å². The smallest absolute Gasteiger partial charge is 0.152 e. The highest BCUT2D eigenvalue weighted by molar-refractivity contribution is 5.87. The Bertz CT molecular complexity index is 296. The van der Waals surface area contributed by atoms with Crippen molar-refractivity contribution in [2.45, 2.75) is 40.5 Å². The van der Waals surface area contributed by atoms with E-state index >= 15 is 0 Å². The molecule has 1 saturated carbocycles. The van der Waals surface area contributed by atoms with E-state index in [1.165, 1.54) is 12.0 Å². The minimum Gasteiger partial charge on any atom is -0.295 e. The van der Waals surface area contributed by atoms with Crippen LogP contribution >= 0.6 is 0 Å². The number of allylic oxidation sites excluding steroid dienone is 3. The third-order valence-corrected chi connectivity index (χ3v) is 3.93. The second kappa shape index (κ2) is 4.34. The molecule has 0 amide bonds. The Kier molecular flexibility index (Phi) is 3.54. The number of ketones is 1. The van der Waals surface area contributed by atoms with E-state index in [0.29, 0.717) is 11.8 Å². The van der Waals surface area contributed by atoms with Crippen molar-refractivity contribution in [3.63, 3.8) is 0 Å². The summed E-state index contributed by atoms with van der Waals surface area (Å²) in [5.41, 5.74) is 1.50. The maximum Gasteiger partial charge on any atom is 0.152 e. The SMILES string of the molecule is C=C1CC[C@@H](C)C(C)(C)[C@@H]1/C=C/C(C)=O. The molecule has 1 heteroatoms. The van der Waals surface area contributed by atoms with E-state index in [-0.39, 0.29) is 11.2 Å². The van der Waals surface area contributed by atoms with Crippen molar-refractivity contribution in [1.82, 2.24) is 0 Å². The highest BCUT2D eigenvalue weighted by atomic mass is 16.1. The summed E-state index contributed by atoms with van der Waals surface area (Å²) < 4.78 is 0. The zero-order valence-corrected chi connectivity index (χ0v) is 10.3. The summed E-state index contributed by atoms with van der Waals surface area (Å²) in [6.07, 6.45) is 6.05. The molecule has 1 nitrogen and oxygen atoms in total. The number of carbonyl (C=O) groups excluding carboxylic acids is 1. The average Bonchev–Trinajstić information content (AvgIpc) is 2.11. The average molecular weight is 206 g/mol.